The standard InChI is InChI=1S/C21H22N4O2/c26-21(18-5-3-17(4-6-18)20-9-12-23-24-20)25(15-19-2-1-13-27-19)14-16-7-10-22-11-8-16/h1-8,10-11,13,20,23-24H,9,12,14-15H2. The van der Waals surface area contributed by atoms with Gasteiger partial charge in [0.05, 0.1) is 12.8 Å². The number of nitrogens with zero attached hydrogens (tertiary/aromatic N) is 2. The molecule has 1 unspecified atom stereocenters. The summed E-state index contributed by atoms with van der Waals surface area (Å²) >= 11 is 0. The maximum absolute atomic E-state index is 13.1. The van der Waals surface area contributed by atoms with Crippen LogP contribution in [0.25, 0.3) is 0 Å². The van der Waals surface area contributed by atoms with E-state index in [0.29, 0.717) is 24.7 Å². The van der Waals surface area contributed by atoms with Crippen LogP contribution in [0.5, 0.6) is 0 Å². The van der Waals surface area contributed by atoms with Crippen LogP contribution in [0.15, 0.2) is 71.6 Å². The number of carbonyl (C=O) groups excluding carboxylic acids is 1. The molecular formula is C21H22N4O2. The average Bonchev–Trinajstić information content (AvgIpc) is 3.42. The van der Waals surface area contributed by atoms with Crippen LogP contribution in [0, 0.1) is 0 Å². The summed E-state index contributed by atoms with van der Waals surface area (Å²) < 4.78 is 5.45. The summed E-state index contributed by atoms with van der Waals surface area (Å²) in [7, 11) is 0. The van der Waals surface area contributed by atoms with Gasteiger partial charge in [0, 0.05) is 37.1 Å². The van der Waals surface area contributed by atoms with Gasteiger partial charge in [0.2, 0.25) is 0 Å². The van der Waals surface area contributed by atoms with Crippen LogP contribution in [0.4, 0.5) is 0 Å². The monoisotopic (exact) mass is 362 g/mol. The Bertz CT molecular complexity index is 857. The van der Waals surface area contributed by atoms with Crippen molar-refractivity contribution in [3.63, 3.8) is 0 Å². The first kappa shape index (κ1) is 17.5. The highest BCUT2D eigenvalue weighted by molar-refractivity contribution is 5.94. The van der Waals surface area contributed by atoms with Crippen LogP contribution >= 0.6 is 0 Å². The van der Waals surface area contributed by atoms with Gasteiger partial charge in [-0.1, -0.05) is 12.1 Å². The molecular weight excluding hydrogens is 340 g/mol. The average molecular weight is 362 g/mol. The van der Waals surface area contributed by atoms with Crippen LogP contribution in [-0.4, -0.2) is 22.3 Å². The fraction of sp³-hybridized carbons (Fsp3) is 0.238. The van der Waals surface area contributed by atoms with Crippen molar-refractivity contribution in [2.24, 2.45) is 0 Å². The Morgan fingerprint density at radius 2 is 1.93 bits per heavy atom. The lowest BCUT2D eigenvalue weighted by Gasteiger charge is -2.22. The van der Waals surface area contributed by atoms with Gasteiger partial charge in [-0.15, -0.1) is 0 Å². The number of rotatable bonds is 6. The van der Waals surface area contributed by atoms with Gasteiger partial charge in [-0.25, -0.2) is 0 Å². The Morgan fingerprint density at radius 3 is 2.59 bits per heavy atom. The van der Waals surface area contributed by atoms with Crippen molar-refractivity contribution in [3.8, 4) is 0 Å². The predicted molar refractivity (Wildman–Crippen MR) is 101 cm³/mol. The van der Waals surface area contributed by atoms with Gasteiger partial charge in [-0.3, -0.25) is 20.6 Å². The van der Waals surface area contributed by atoms with Crippen molar-refractivity contribution < 1.29 is 9.21 Å². The van der Waals surface area contributed by atoms with Crippen molar-refractivity contribution in [2.75, 3.05) is 6.54 Å². The number of carbonyl (C=O) groups is 1. The molecule has 1 saturated heterocycles. The zero-order valence-electron chi connectivity index (χ0n) is 15.0. The normalized spacial score (nSPS) is 16.4. The molecule has 1 fully saturated rings. The van der Waals surface area contributed by atoms with Crippen LogP contribution in [0.1, 0.15) is 39.7 Å². The third kappa shape index (κ3) is 4.24. The molecule has 4 rings (SSSR count). The lowest BCUT2D eigenvalue weighted by Crippen LogP contribution is -2.30. The second-order valence-electron chi connectivity index (χ2n) is 6.63. The molecule has 1 amide bonds. The molecule has 1 aromatic carbocycles. The molecule has 0 radical (unpaired) electrons. The van der Waals surface area contributed by atoms with E-state index in [1.54, 1.807) is 23.6 Å². The van der Waals surface area contributed by atoms with Gasteiger partial charge in [0.15, 0.2) is 0 Å². The Hall–Kier alpha value is -2.96. The first-order valence-electron chi connectivity index (χ1n) is 9.08. The highest BCUT2D eigenvalue weighted by atomic mass is 16.3. The molecule has 2 N–H and O–H groups in total. The summed E-state index contributed by atoms with van der Waals surface area (Å²) in [5.41, 5.74) is 9.27. The fourth-order valence-corrected chi connectivity index (χ4v) is 3.27. The first-order valence-corrected chi connectivity index (χ1v) is 9.08. The number of hydrazine groups is 1. The fourth-order valence-electron chi connectivity index (χ4n) is 3.27. The third-order valence-corrected chi connectivity index (χ3v) is 4.73. The van der Waals surface area contributed by atoms with Crippen LogP contribution in [0.2, 0.25) is 0 Å². The van der Waals surface area contributed by atoms with Gasteiger partial charge >= 0.3 is 0 Å². The van der Waals surface area contributed by atoms with Crippen LogP contribution in [0.3, 0.4) is 0 Å². The number of hydrogen-bond acceptors (Lipinski definition) is 5. The van der Waals surface area contributed by atoms with E-state index in [2.05, 4.69) is 15.8 Å². The van der Waals surface area contributed by atoms with E-state index in [-0.39, 0.29) is 5.91 Å². The van der Waals surface area contributed by atoms with Crippen molar-refractivity contribution in [2.45, 2.75) is 25.6 Å². The molecule has 0 saturated carbocycles. The van der Waals surface area contributed by atoms with Crippen molar-refractivity contribution in [1.82, 2.24) is 20.7 Å². The summed E-state index contributed by atoms with van der Waals surface area (Å²) in [5, 5.41) is 0. The molecule has 0 bridgehead atoms. The maximum Gasteiger partial charge on any atom is 0.254 e. The molecule has 1 aliphatic rings. The van der Waals surface area contributed by atoms with Crippen molar-refractivity contribution >= 4 is 5.91 Å². The van der Waals surface area contributed by atoms with Crippen LogP contribution < -0.4 is 10.9 Å². The van der Waals surface area contributed by atoms with E-state index in [1.807, 2.05) is 48.5 Å². The summed E-state index contributed by atoms with van der Waals surface area (Å²) in [4.78, 5) is 19.0. The molecule has 27 heavy (non-hydrogen) atoms. The van der Waals surface area contributed by atoms with Gasteiger partial charge in [-0.2, -0.15) is 0 Å². The highest BCUT2D eigenvalue weighted by Gasteiger charge is 2.20. The molecule has 0 spiro atoms. The minimum absolute atomic E-state index is 0.0210. The minimum atomic E-state index is -0.0210. The Balaban J connectivity index is 1.53. The van der Waals surface area contributed by atoms with Crippen LogP contribution in [-0.2, 0) is 13.1 Å². The van der Waals surface area contributed by atoms with Gasteiger partial charge in [0.1, 0.15) is 5.76 Å². The van der Waals surface area contributed by atoms with Gasteiger partial charge in [-0.05, 0) is 53.9 Å². The van der Waals surface area contributed by atoms with E-state index < -0.39 is 0 Å². The number of amides is 1. The summed E-state index contributed by atoms with van der Waals surface area (Å²) in [6, 6.07) is 15.7. The lowest BCUT2D eigenvalue weighted by molar-refractivity contribution is 0.0717. The Morgan fingerprint density at radius 1 is 1.11 bits per heavy atom. The van der Waals surface area contributed by atoms with E-state index in [9.17, 15) is 4.79 Å². The largest absolute Gasteiger partial charge is 0.467 e. The zero-order valence-corrected chi connectivity index (χ0v) is 15.0. The smallest absolute Gasteiger partial charge is 0.254 e. The number of pyridine rings is 1. The lowest BCUT2D eigenvalue weighted by atomic mass is 10.0. The van der Waals surface area contributed by atoms with Crippen molar-refractivity contribution in [3.05, 3.63) is 89.6 Å². The second kappa shape index (κ2) is 8.16. The predicted octanol–water partition coefficient (Wildman–Crippen LogP) is 3.06. The molecule has 2 aromatic heterocycles. The highest BCUT2D eigenvalue weighted by Crippen LogP contribution is 2.20. The quantitative estimate of drug-likeness (QED) is 0.705. The number of hydrogen-bond donors (Lipinski definition) is 2. The molecule has 0 aliphatic carbocycles. The molecule has 6 heteroatoms. The molecule has 1 atom stereocenters. The molecule has 3 aromatic rings. The Labute approximate surface area is 158 Å². The van der Waals surface area contributed by atoms with E-state index in [0.717, 1.165) is 24.3 Å². The van der Waals surface area contributed by atoms with E-state index in [4.69, 9.17) is 4.42 Å². The maximum atomic E-state index is 13.1. The molecule has 138 valence electrons. The van der Waals surface area contributed by atoms with Gasteiger partial charge < -0.3 is 9.32 Å². The summed E-state index contributed by atoms with van der Waals surface area (Å²) in [6.07, 6.45) is 6.15. The topological polar surface area (TPSA) is 70.4 Å². The molecule has 6 nitrogen and oxygen atoms in total. The van der Waals surface area contributed by atoms with E-state index >= 15 is 0 Å². The summed E-state index contributed by atoms with van der Waals surface area (Å²) in [5.74, 6) is 0.738. The summed E-state index contributed by atoms with van der Waals surface area (Å²) in [6.45, 7) is 1.87. The Kier molecular flexibility index (Phi) is 5.27. The molecule has 3 heterocycles. The third-order valence-electron chi connectivity index (χ3n) is 4.73. The number of benzene rings is 1. The number of nitrogens with one attached hydrogen (secondary N) is 2. The van der Waals surface area contributed by atoms with Gasteiger partial charge in [0.25, 0.3) is 5.91 Å². The SMILES string of the molecule is O=C(c1ccc(C2CCNN2)cc1)N(Cc1ccncc1)Cc1ccco1. The molecule has 1 aliphatic heterocycles. The first-order chi connectivity index (χ1) is 13.3. The van der Waals surface area contributed by atoms with Crippen molar-refractivity contribution in [1.29, 1.82) is 0 Å². The second-order valence-corrected chi connectivity index (χ2v) is 6.63. The van der Waals surface area contributed by atoms with E-state index in [1.165, 1.54) is 5.56 Å². The number of aromatic nitrogens is 1. The zero-order chi connectivity index (χ0) is 18.5. The minimum Gasteiger partial charge on any atom is -0.467 e. The number of furan rings is 1.